The lowest BCUT2D eigenvalue weighted by atomic mass is 10.0. The monoisotopic (exact) mass is 565 g/mol. The van der Waals surface area contributed by atoms with Crippen LogP contribution in [-0.2, 0) is 4.74 Å². The van der Waals surface area contributed by atoms with Crippen molar-refractivity contribution in [3.05, 3.63) is 90.0 Å². The zero-order valence-corrected chi connectivity index (χ0v) is 24.3. The van der Waals surface area contributed by atoms with Crippen LogP contribution < -0.4 is 5.32 Å². The van der Waals surface area contributed by atoms with Crippen molar-refractivity contribution in [1.29, 1.82) is 0 Å². The summed E-state index contributed by atoms with van der Waals surface area (Å²) >= 11 is 0. The number of hydrogen-bond acceptors (Lipinski definition) is 6. The summed E-state index contributed by atoms with van der Waals surface area (Å²) in [5.74, 6) is 0.522. The highest BCUT2D eigenvalue weighted by Crippen LogP contribution is 2.33. The molecule has 3 heterocycles. The first-order valence-electron chi connectivity index (χ1n) is 14.1. The van der Waals surface area contributed by atoms with E-state index in [2.05, 4.69) is 15.3 Å². The number of amides is 2. The number of Topliss-reactive ketones (excluding diaryl/α,β-unsaturated/α-hetero) is 1. The van der Waals surface area contributed by atoms with Crippen LogP contribution in [0.3, 0.4) is 0 Å². The number of aromatic amines is 1. The fourth-order valence-electron chi connectivity index (χ4n) is 5.04. The number of imidazole rings is 1. The van der Waals surface area contributed by atoms with Crippen LogP contribution in [-0.4, -0.2) is 49.8 Å². The second-order valence-corrected chi connectivity index (χ2v) is 11.4. The number of carbonyl (C=O) groups excluding carboxylic acids is 3. The summed E-state index contributed by atoms with van der Waals surface area (Å²) in [6.45, 7) is 7.55. The summed E-state index contributed by atoms with van der Waals surface area (Å²) in [6, 6.07) is 20.2. The van der Waals surface area contributed by atoms with Gasteiger partial charge in [0.05, 0.1) is 11.7 Å². The number of rotatable bonds is 6. The molecule has 0 unspecified atom stereocenters. The van der Waals surface area contributed by atoms with E-state index in [1.54, 1.807) is 35.4 Å². The molecule has 1 atom stereocenters. The standard InChI is InChI=1S/C33H35N5O4/c1-21(39)28-29(37-30(36-28)26-12-8-9-19-38(26)32(41)42-33(2,3)4)23-13-15-24(16-14-23)31(40)35-27-20-25(17-18-34-27)22-10-6-5-7-11-22/h5-7,10-11,13-18,20,26H,8-9,12,19H2,1-4H3,(H,36,37)(H,34,35,40)/t26-/m0/s1. The van der Waals surface area contributed by atoms with E-state index in [1.807, 2.05) is 63.2 Å². The fourth-order valence-corrected chi connectivity index (χ4v) is 5.04. The minimum Gasteiger partial charge on any atom is -0.444 e. The Morgan fingerprint density at radius 3 is 2.38 bits per heavy atom. The molecular formula is C33H35N5O4. The van der Waals surface area contributed by atoms with Gasteiger partial charge in [-0.05, 0) is 75.4 Å². The average molecular weight is 566 g/mol. The topological polar surface area (TPSA) is 117 Å². The van der Waals surface area contributed by atoms with E-state index in [0.717, 1.165) is 24.0 Å². The normalized spacial score (nSPS) is 15.2. The highest BCUT2D eigenvalue weighted by molar-refractivity contribution is 6.04. The highest BCUT2D eigenvalue weighted by Gasteiger charge is 2.34. The second kappa shape index (κ2) is 12.0. The molecule has 0 spiro atoms. The lowest BCUT2D eigenvalue weighted by Crippen LogP contribution is -2.42. The Labute approximate surface area is 245 Å². The molecule has 1 saturated heterocycles. The van der Waals surface area contributed by atoms with Crippen molar-refractivity contribution in [1.82, 2.24) is 19.9 Å². The van der Waals surface area contributed by atoms with E-state index >= 15 is 0 Å². The molecule has 1 aliphatic rings. The number of ether oxygens (including phenoxy) is 1. The maximum Gasteiger partial charge on any atom is 0.410 e. The number of pyridine rings is 1. The van der Waals surface area contributed by atoms with Gasteiger partial charge in [-0.15, -0.1) is 0 Å². The maximum absolute atomic E-state index is 13.0. The number of hydrogen-bond donors (Lipinski definition) is 2. The number of aromatic nitrogens is 3. The molecule has 0 aliphatic carbocycles. The van der Waals surface area contributed by atoms with Gasteiger partial charge in [-0.2, -0.15) is 0 Å². The van der Waals surface area contributed by atoms with Crippen LogP contribution in [0.4, 0.5) is 10.6 Å². The number of piperidine rings is 1. The number of ketones is 1. The summed E-state index contributed by atoms with van der Waals surface area (Å²) in [5, 5.41) is 2.86. The Morgan fingerprint density at radius 2 is 1.69 bits per heavy atom. The zero-order chi connectivity index (χ0) is 29.9. The minimum absolute atomic E-state index is 0.172. The van der Waals surface area contributed by atoms with Gasteiger partial charge in [-0.3, -0.25) is 14.5 Å². The predicted octanol–water partition coefficient (Wildman–Crippen LogP) is 7.06. The van der Waals surface area contributed by atoms with Gasteiger partial charge in [0, 0.05) is 30.8 Å². The molecule has 2 aromatic heterocycles. The van der Waals surface area contributed by atoms with Gasteiger partial charge in [0.25, 0.3) is 5.91 Å². The van der Waals surface area contributed by atoms with Crippen molar-refractivity contribution in [3.8, 4) is 22.4 Å². The van der Waals surface area contributed by atoms with E-state index in [9.17, 15) is 14.4 Å². The highest BCUT2D eigenvalue weighted by atomic mass is 16.6. The van der Waals surface area contributed by atoms with Crippen LogP contribution in [0.15, 0.2) is 72.9 Å². The molecule has 2 amide bonds. The van der Waals surface area contributed by atoms with Crippen LogP contribution in [0, 0.1) is 0 Å². The fraction of sp³-hybridized carbons (Fsp3) is 0.303. The molecule has 1 fully saturated rings. The van der Waals surface area contributed by atoms with Gasteiger partial charge in [-0.25, -0.2) is 14.8 Å². The van der Waals surface area contributed by atoms with Crippen LogP contribution in [0.25, 0.3) is 22.4 Å². The minimum atomic E-state index is -0.618. The molecule has 42 heavy (non-hydrogen) atoms. The van der Waals surface area contributed by atoms with Crippen LogP contribution in [0.2, 0.25) is 0 Å². The number of likely N-dealkylation sites (tertiary alicyclic amines) is 1. The summed E-state index contributed by atoms with van der Waals surface area (Å²) in [7, 11) is 0. The molecule has 5 rings (SSSR count). The Morgan fingerprint density at radius 1 is 0.952 bits per heavy atom. The van der Waals surface area contributed by atoms with Gasteiger partial charge < -0.3 is 15.0 Å². The molecular weight excluding hydrogens is 530 g/mol. The first kappa shape index (κ1) is 28.7. The quantitative estimate of drug-likeness (QED) is 0.242. The molecule has 9 nitrogen and oxygen atoms in total. The predicted molar refractivity (Wildman–Crippen MR) is 161 cm³/mol. The van der Waals surface area contributed by atoms with Crippen LogP contribution in [0.1, 0.15) is 79.7 Å². The van der Waals surface area contributed by atoms with Crippen molar-refractivity contribution in [2.75, 3.05) is 11.9 Å². The molecule has 216 valence electrons. The van der Waals surface area contributed by atoms with Crippen molar-refractivity contribution in [2.45, 2.75) is 58.6 Å². The van der Waals surface area contributed by atoms with Crippen molar-refractivity contribution < 1.29 is 19.1 Å². The van der Waals surface area contributed by atoms with Gasteiger partial charge >= 0.3 is 6.09 Å². The SMILES string of the molecule is CC(=O)c1[nH]c([C@@H]2CCCCN2C(=O)OC(C)(C)C)nc1-c1ccc(C(=O)Nc2cc(-c3ccccc3)ccn2)cc1. The lowest BCUT2D eigenvalue weighted by molar-refractivity contribution is 0.00853. The molecule has 0 radical (unpaired) electrons. The first-order valence-corrected chi connectivity index (χ1v) is 14.1. The molecule has 4 aromatic rings. The number of nitrogens with one attached hydrogen (secondary N) is 2. The first-order chi connectivity index (χ1) is 20.1. The summed E-state index contributed by atoms with van der Waals surface area (Å²) in [6.07, 6.45) is 3.78. The third-order valence-corrected chi connectivity index (χ3v) is 7.05. The number of benzene rings is 2. The van der Waals surface area contributed by atoms with Gasteiger partial charge in [0.15, 0.2) is 5.78 Å². The van der Waals surface area contributed by atoms with Crippen molar-refractivity contribution in [3.63, 3.8) is 0 Å². The molecule has 2 aromatic carbocycles. The van der Waals surface area contributed by atoms with Crippen LogP contribution >= 0.6 is 0 Å². The van der Waals surface area contributed by atoms with E-state index in [0.29, 0.717) is 47.1 Å². The van der Waals surface area contributed by atoms with Gasteiger partial charge in [-0.1, -0.05) is 42.5 Å². The summed E-state index contributed by atoms with van der Waals surface area (Å²) in [4.78, 5) is 52.6. The number of carbonyl (C=O) groups is 3. The van der Waals surface area contributed by atoms with Crippen molar-refractivity contribution >= 4 is 23.6 Å². The third kappa shape index (κ3) is 6.57. The number of nitrogens with zero attached hydrogens (tertiary/aromatic N) is 3. The number of anilines is 1. The van der Waals surface area contributed by atoms with E-state index in [-0.39, 0.29) is 17.7 Å². The number of H-pyrrole nitrogens is 1. The van der Waals surface area contributed by atoms with Gasteiger partial charge in [0.2, 0.25) is 0 Å². The van der Waals surface area contributed by atoms with E-state index in [4.69, 9.17) is 9.72 Å². The van der Waals surface area contributed by atoms with Gasteiger partial charge in [0.1, 0.15) is 22.9 Å². The Bertz CT molecular complexity index is 1590. The summed E-state index contributed by atoms with van der Waals surface area (Å²) in [5.41, 5.74) is 3.33. The molecule has 2 N–H and O–H groups in total. The Hall–Kier alpha value is -4.79. The zero-order valence-electron chi connectivity index (χ0n) is 24.3. The summed E-state index contributed by atoms with van der Waals surface area (Å²) < 4.78 is 5.64. The smallest absolute Gasteiger partial charge is 0.410 e. The van der Waals surface area contributed by atoms with Crippen molar-refractivity contribution in [2.24, 2.45) is 0 Å². The third-order valence-electron chi connectivity index (χ3n) is 7.05. The Kier molecular flexibility index (Phi) is 8.20. The maximum atomic E-state index is 13.0. The molecule has 0 saturated carbocycles. The average Bonchev–Trinajstić information content (AvgIpc) is 3.43. The lowest BCUT2D eigenvalue weighted by Gasteiger charge is -2.35. The molecule has 1 aliphatic heterocycles. The van der Waals surface area contributed by atoms with Crippen LogP contribution in [0.5, 0.6) is 0 Å². The Balaban J connectivity index is 1.36. The van der Waals surface area contributed by atoms with E-state index < -0.39 is 11.7 Å². The molecule has 0 bridgehead atoms. The second-order valence-electron chi connectivity index (χ2n) is 11.4. The van der Waals surface area contributed by atoms with E-state index in [1.165, 1.54) is 6.92 Å². The largest absolute Gasteiger partial charge is 0.444 e. The molecule has 9 heteroatoms.